The van der Waals surface area contributed by atoms with Crippen LogP contribution in [0, 0.1) is 0 Å². The molecule has 1 aromatic heterocycles. The molecule has 0 N–H and O–H groups in total. The Kier molecular flexibility index (Phi) is 5.50. The largest absolute Gasteiger partial charge is 0.433 e. The van der Waals surface area contributed by atoms with Gasteiger partial charge in [0.2, 0.25) is 4.73 Å². The Hall–Kier alpha value is -1.07. The van der Waals surface area contributed by atoms with Gasteiger partial charge in [-0.2, -0.15) is 8.78 Å². The van der Waals surface area contributed by atoms with E-state index in [1.54, 1.807) is 16.8 Å². The molecule has 2 atom stereocenters. The van der Waals surface area contributed by atoms with E-state index in [2.05, 4.69) is 44.3 Å². The van der Waals surface area contributed by atoms with Crippen molar-refractivity contribution in [1.29, 1.82) is 0 Å². The zero-order valence-corrected chi connectivity index (χ0v) is 15.1. The topological polar surface area (TPSA) is 39.9 Å². The van der Waals surface area contributed by atoms with Gasteiger partial charge in [0.15, 0.2) is 0 Å². The van der Waals surface area contributed by atoms with Crippen molar-refractivity contribution in [3.05, 3.63) is 34.8 Å². The van der Waals surface area contributed by atoms with Gasteiger partial charge >= 0.3 is 6.11 Å². The standard InChI is InChI=1S/C14H17BrF2N3OP/c1-4-11(22-3)12-18-13(15)19-20(12)9-5-7-10(8-6-9)21-14(2,16)17/h5-8,11,22H,4H2,1-3H3. The van der Waals surface area contributed by atoms with E-state index in [0.29, 0.717) is 25.9 Å². The average molecular weight is 392 g/mol. The van der Waals surface area contributed by atoms with Crippen LogP contribution in [0.15, 0.2) is 29.0 Å². The van der Waals surface area contributed by atoms with Gasteiger partial charge in [-0.1, -0.05) is 6.92 Å². The molecular formula is C14H17BrF2N3OP. The number of alkyl halides is 2. The van der Waals surface area contributed by atoms with Gasteiger partial charge in [-0.05, 0) is 53.3 Å². The number of hydrogen-bond donors (Lipinski definition) is 0. The summed E-state index contributed by atoms with van der Waals surface area (Å²) in [6.07, 6.45) is -2.23. The second-order valence-corrected chi connectivity index (χ2v) is 6.79. The van der Waals surface area contributed by atoms with Crippen molar-refractivity contribution >= 4 is 24.5 Å². The minimum Gasteiger partial charge on any atom is -0.433 e. The normalized spacial score (nSPS) is 13.7. The summed E-state index contributed by atoms with van der Waals surface area (Å²) in [6, 6.07) is 6.39. The first-order valence-electron chi connectivity index (χ1n) is 6.81. The molecule has 22 heavy (non-hydrogen) atoms. The maximum atomic E-state index is 12.8. The summed E-state index contributed by atoms with van der Waals surface area (Å²) in [5, 5.41) is 4.34. The van der Waals surface area contributed by atoms with E-state index in [4.69, 9.17) is 0 Å². The molecule has 0 saturated carbocycles. The van der Waals surface area contributed by atoms with Gasteiger partial charge in [0.25, 0.3) is 0 Å². The molecule has 0 saturated heterocycles. The quantitative estimate of drug-likeness (QED) is 0.665. The van der Waals surface area contributed by atoms with E-state index in [1.807, 2.05) is 0 Å². The summed E-state index contributed by atoms with van der Waals surface area (Å²) in [4.78, 5) is 4.44. The lowest BCUT2D eigenvalue weighted by Gasteiger charge is -2.15. The van der Waals surface area contributed by atoms with Crippen LogP contribution >= 0.6 is 24.5 Å². The SMILES string of the molecule is CCC(PC)c1nc(Br)nn1-c1ccc(OC(C)(F)F)cc1. The summed E-state index contributed by atoms with van der Waals surface area (Å²) in [5.74, 6) is 0.978. The number of benzene rings is 1. The minimum absolute atomic E-state index is 0.112. The molecule has 1 aromatic carbocycles. The molecule has 1 heterocycles. The van der Waals surface area contributed by atoms with E-state index in [0.717, 1.165) is 17.9 Å². The fourth-order valence-corrected chi connectivity index (χ4v) is 3.29. The molecule has 2 rings (SSSR count). The third-order valence-corrected chi connectivity index (χ3v) is 4.75. The maximum absolute atomic E-state index is 12.8. The average Bonchev–Trinajstić information content (AvgIpc) is 2.81. The number of hydrogen-bond acceptors (Lipinski definition) is 3. The van der Waals surface area contributed by atoms with Gasteiger partial charge < -0.3 is 4.74 Å². The van der Waals surface area contributed by atoms with Gasteiger partial charge in [0.05, 0.1) is 5.69 Å². The highest BCUT2D eigenvalue weighted by Gasteiger charge is 2.23. The van der Waals surface area contributed by atoms with E-state index < -0.39 is 6.11 Å². The van der Waals surface area contributed by atoms with Crippen LogP contribution in [0.4, 0.5) is 8.78 Å². The Labute approximate surface area is 138 Å². The van der Waals surface area contributed by atoms with Crippen LogP contribution in [0.3, 0.4) is 0 Å². The monoisotopic (exact) mass is 391 g/mol. The number of nitrogens with zero attached hydrogens (tertiary/aromatic N) is 3. The lowest BCUT2D eigenvalue weighted by atomic mass is 10.2. The van der Waals surface area contributed by atoms with Crippen molar-refractivity contribution in [3.8, 4) is 11.4 Å². The first kappa shape index (κ1) is 17.3. The predicted molar refractivity (Wildman–Crippen MR) is 87.6 cm³/mol. The molecule has 2 unspecified atom stereocenters. The predicted octanol–water partition coefficient (Wildman–Crippen LogP) is 4.78. The third kappa shape index (κ3) is 4.23. The van der Waals surface area contributed by atoms with Crippen molar-refractivity contribution in [2.24, 2.45) is 0 Å². The third-order valence-electron chi connectivity index (χ3n) is 3.05. The van der Waals surface area contributed by atoms with Crippen molar-refractivity contribution in [2.45, 2.75) is 32.0 Å². The Morgan fingerprint density at radius 1 is 1.36 bits per heavy atom. The first-order valence-corrected chi connectivity index (χ1v) is 9.18. The summed E-state index contributed by atoms with van der Waals surface area (Å²) >= 11 is 3.30. The molecule has 4 nitrogen and oxygen atoms in total. The summed E-state index contributed by atoms with van der Waals surface area (Å²) in [5.41, 5.74) is 1.08. The Balaban J connectivity index is 2.32. The Morgan fingerprint density at radius 2 is 2.00 bits per heavy atom. The molecule has 2 aromatic rings. The van der Waals surface area contributed by atoms with Crippen molar-refractivity contribution < 1.29 is 13.5 Å². The van der Waals surface area contributed by atoms with Crippen LogP contribution < -0.4 is 4.74 Å². The highest BCUT2D eigenvalue weighted by atomic mass is 79.9. The van der Waals surface area contributed by atoms with E-state index >= 15 is 0 Å². The van der Waals surface area contributed by atoms with Gasteiger partial charge in [0.1, 0.15) is 11.6 Å². The van der Waals surface area contributed by atoms with Crippen LogP contribution in [0.25, 0.3) is 5.69 Å². The zero-order valence-electron chi connectivity index (χ0n) is 12.5. The van der Waals surface area contributed by atoms with Crippen molar-refractivity contribution in [2.75, 3.05) is 6.66 Å². The molecule has 0 radical (unpaired) electrons. The molecular weight excluding hydrogens is 375 g/mol. The molecule has 0 fully saturated rings. The number of halogens is 3. The van der Waals surface area contributed by atoms with Crippen molar-refractivity contribution in [1.82, 2.24) is 14.8 Å². The number of ether oxygens (including phenoxy) is 1. The van der Waals surface area contributed by atoms with E-state index in [1.165, 1.54) is 12.1 Å². The highest BCUT2D eigenvalue weighted by Crippen LogP contribution is 2.35. The van der Waals surface area contributed by atoms with Crippen molar-refractivity contribution in [3.63, 3.8) is 0 Å². The Bertz CT molecular complexity index is 624. The fourth-order valence-electron chi connectivity index (χ4n) is 2.09. The van der Waals surface area contributed by atoms with Gasteiger partial charge in [-0.25, -0.2) is 9.67 Å². The van der Waals surface area contributed by atoms with Gasteiger partial charge in [-0.15, -0.1) is 13.7 Å². The number of rotatable bonds is 6. The minimum atomic E-state index is -3.19. The summed E-state index contributed by atoms with van der Waals surface area (Å²) in [7, 11) is 0.703. The molecule has 120 valence electrons. The number of aromatic nitrogens is 3. The highest BCUT2D eigenvalue weighted by molar-refractivity contribution is 9.10. The zero-order chi connectivity index (χ0) is 16.3. The maximum Gasteiger partial charge on any atom is 0.394 e. The summed E-state index contributed by atoms with van der Waals surface area (Å²) in [6.45, 7) is 4.94. The first-order chi connectivity index (χ1) is 10.3. The van der Waals surface area contributed by atoms with Gasteiger partial charge in [-0.3, -0.25) is 0 Å². The molecule has 8 heteroatoms. The van der Waals surface area contributed by atoms with Crippen LogP contribution in [0.2, 0.25) is 0 Å². The van der Waals surface area contributed by atoms with Crippen LogP contribution in [-0.4, -0.2) is 27.5 Å². The summed E-state index contributed by atoms with van der Waals surface area (Å²) < 4.78 is 32.5. The Morgan fingerprint density at radius 3 is 2.50 bits per heavy atom. The van der Waals surface area contributed by atoms with E-state index in [9.17, 15) is 8.78 Å². The second-order valence-electron chi connectivity index (χ2n) is 4.80. The molecule has 0 aliphatic rings. The lowest BCUT2D eigenvalue weighted by Crippen LogP contribution is -2.19. The van der Waals surface area contributed by atoms with Crippen LogP contribution in [0.5, 0.6) is 5.75 Å². The molecule has 0 aliphatic carbocycles. The van der Waals surface area contributed by atoms with Crippen LogP contribution in [-0.2, 0) is 0 Å². The fraction of sp³-hybridized carbons (Fsp3) is 0.429. The van der Waals surface area contributed by atoms with Crippen LogP contribution in [0.1, 0.15) is 31.8 Å². The molecule has 0 aliphatic heterocycles. The lowest BCUT2D eigenvalue weighted by molar-refractivity contribution is -0.158. The van der Waals surface area contributed by atoms with E-state index in [-0.39, 0.29) is 5.75 Å². The molecule has 0 bridgehead atoms. The van der Waals surface area contributed by atoms with Gasteiger partial charge in [0, 0.05) is 12.6 Å². The smallest absolute Gasteiger partial charge is 0.394 e. The molecule has 0 amide bonds. The second kappa shape index (κ2) is 7.01. The molecule has 0 spiro atoms.